The topological polar surface area (TPSA) is 70.8 Å². The number of hydrogen-bond donors (Lipinski definition) is 0. The quantitative estimate of drug-likeness (QED) is 0.797. The van der Waals surface area contributed by atoms with Crippen molar-refractivity contribution in [2.24, 2.45) is 0 Å². The summed E-state index contributed by atoms with van der Waals surface area (Å²) < 4.78 is 45.3. The summed E-state index contributed by atoms with van der Waals surface area (Å²) in [5.74, 6) is 0.274. The molecule has 1 aliphatic heterocycles. The first-order valence-electron chi connectivity index (χ1n) is 8.44. The molecule has 0 radical (unpaired) electrons. The minimum absolute atomic E-state index is 0.0172. The van der Waals surface area contributed by atoms with Gasteiger partial charge in [-0.15, -0.1) is 0 Å². The van der Waals surface area contributed by atoms with Crippen LogP contribution in [-0.2, 0) is 21.2 Å². The molecule has 26 heavy (non-hydrogen) atoms. The summed E-state index contributed by atoms with van der Waals surface area (Å²) in [6.07, 6.45) is 2.43. The summed E-state index contributed by atoms with van der Waals surface area (Å²) in [4.78, 5) is 14.1. The highest BCUT2D eigenvalue weighted by Crippen LogP contribution is 2.22. The van der Waals surface area contributed by atoms with E-state index in [1.54, 1.807) is 24.2 Å². The highest BCUT2D eigenvalue weighted by Gasteiger charge is 2.31. The van der Waals surface area contributed by atoms with E-state index in [4.69, 9.17) is 4.42 Å². The first-order valence-corrected chi connectivity index (χ1v) is 9.88. The number of aryl methyl sites for hydroxylation is 2. The third kappa shape index (κ3) is 3.96. The van der Waals surface area contributed by atoms with Gasteiger partial charge in [0.15, 0.2) is 0 Å². The monoisotopic (exact) mass is 380 g/mol. The van der Waals surface area contributed by atoms with E-state index in [-0.39, 0.29) is 23.9 Å². The normalized spacial score (nSPS) is 16.0. The van der Waals surface area contributed by atoms with E-state index in [0.29, 0.717) is 31.5 Å². The van der Waals surface area contributed by atoms with E-state index in [9.17, 15) is 17.6 Å². The first kappa shape index (κ1) is 18.6. The summed E-state index contributed by atoms with van der Waals surface area (Å²) in [6.45, 7) is 2.72. The molecule has 140 valence electrons. The Labute approximate surface area is 152 Å². The van der Waals surface area contributed by atoms with Crippen LogP contribution in [0.4, 0.5) is 4.39 Å². The van der Waals surface area contributed by atoms with Crippen LogP contribution in [0.2, 0.25) is 0 Å². The number of nitrogens with zero attached hydrogens (tertiary/aromatic N) is 2. The van der Waals surface area contributed by atoms with Crippen LogP contribution in [0.5, 0.6) is 0 Å². The van der Waals surface area contributed by atoms with Crippen LogP contribution in [0.1, 0.15) is 17.7 Å². The minimum Gasteiger partial charge on any atom is -0.469 e. The summed E-state index contributed by atoms with van der Waals surface area (Å²) in [5, 5.41) is 0. The van der Waals surface area contributed by atoms with E-state index in [1.807, 2.05) is 6.07 Å². The molecule has 1 aliphatic rings. The van der Waals surface area contributed by atoms with Crippen molar-refractivity contribution in [2.45, 2.75) is 24.7 Å². The maximum atomic E-state index is 13.2. The van der Waals surface area contributed by atoms with Crippen molar-refractivity contribution in [3.05, 3.63) is 53.7 Å². The van der Waals surface area contributed by atoms with Gasteiger partial charge in [0.25, 0.3) is 0 Å². The number of halogens is 1. The van der Waals surface area contributed by atoms with E-state index in [2.05, 4.69) is 0 Å². The second-order valence-corrected chi connectivity index (χ2v) is 8.18. The first-order chi connectivity index (χ1) is 12.4. The lowest BCUT2D eigenvalue weighted by Gasteiger charge is -2.34. The van der Waals surface area contributed by atoms with E-state index >= 15 is 0 Å². The molecule has 0 atom stereocenters. The van der Waals surface area contributed by atoms with Crippen molar-refractivity contribution in [3.63, 3.8) is 0 Å². The van der Waals surface area contributed by atoms with E-state index in [0.717, 1.165) is 11.8 Å². The van der Waals surface area contributed by atoms with Gasteiger partial charge in [-0.25, -0.2) is 12.8 Å². The molecule has 2 heterocycles. The van der Waals surface area contributed by atoms with Crippen molar-refractivity contribution in [3.8, 4) is 0 Å². The van der Waals surface area contributed by atoms with Gasteiger partial charge in [0, 0.05) is 39.0 Å². The van der Waals surface area contributed by atoms with Crippen LogP contribution in [0, 0.1) is 12.7 Å². The number of piperazine rings is 1. The second-order valence-electron chi connectivity index (χ2n) is 6.27. The van der Waals surface area contributed by atoms with Crippen molar-refractivity contribution in [1.82, 2.24) is 9.21 Å². The molecule has 3 rings (SSSR count). The van der Waals surface area contributed by atoms with Gasteiger partial charge >= 0.3 is 0 Å². The van der Waals surface area contributed by atoms with Gasteiger partial charge in [-0.05, 0) is 42.8 Å². The molecule has 0 N–H and O–H groups in total. The van der Waals surface area contributed by atoms with E-state index in [1.165, 1.54) is 16.4 Å². The van der Waals surface area contributed by atoms with E-state index < -0.39 is 15.8 Å². The van der Waals surface area contributed by atoms with Crippen molar-refractivity contribution in [1.29, 1.82) is 0 Å². The molecular weight excluding hydrogens is 359 g/mol. The van der Waals surface area contributed by atoms with Crippen LogP contribution in [0.15, 0.2) is 45.9 Å². The zero-order chi connectivity index (χ0) is 18.7. The van der Waals surface area contributed by atoms with Crippen LogP contribution in [-0.4, -0.2) is 49.7 Å². The molecule has 6 nitrogen and oxygen atoms in total. The summed E-state index contributed by atoms with van der Waals surface area (Å²) >= 11 is 0. The highest BCUT2D eigenvalue weighted by atomic mass is 32.2. The highest BCUT2D eigenvalue weighted by molar-refractivity contribution is 7.89. The molecule has 0 bridgehead atoms. The molecule has 0 unspecified atom stereocenters. The Morgan fingerprint density at radius 1 is 1.19 bits per heavy atom. The molecule has 1 fully saturated rings. The summed E-state index contributed by atoms with van der Waals surface area (Å²) in [6, 6.07) is 7.25. The molecule has 1 saturated heterocycles. The van der Waals surface area contributed by atoms with Gasteiger partial charge in [-0.1, -0.05) is 0 Å². The fourth-order valence-corrected chi connectivity index (χ4v) is 4.69. The number of furan rings is 1. The standard InChI is InChI=1S/C18H21FN2O4S/c1-14-13-15(19)4-6-17(14)26(23,24)21-10-8-20(9-11-21)18(22)7-5-16-3-2-12-25-16/h2-4,6,12-13H,5,7-11H2,1H3. The molecule has 0 aliphatic carbocycles. The number of carbonyl (C=O) groups excluding carboxylic acids is 1. The van der Waals surface area contributed by atoms with Crippen LogP contribution >= 0.6 is 0 Å². The van der Waals surface area contributed by atoms with Crippen LogP contribution in [0.3, 0.4) is 0 Å². The molecule has 1 aromatic carbocycles. The average Bonchev–Trinajstić information content (AvgIpc) is 3.13. The fourth-order valence-electron chi connectivity index (χ4n) is 3.06. The predicted molar refractivity (Wildman–Crippen MR) is 93.5 cm³/mol. The Kier molecular flexibility index (Phi) is 5.43. The number of benzene rings is 1. The molecule has 8 heteroatoms. The maximum Gasteiger partial charge on any atom is 0.243 e. The molecule has 0 saturated carbocycles. The Hall–Kier alpha value is -2.19. The van der Waals surface area contributed by atoms with Gasteiger partial charge < -0.3 is 9.32 Å². The van der Waals surface area contributed by atoms with Gasteiger partial charge in [0.2, 0.25) is 15.9 Å². The average molecular weight is 380 g/mol. The third-order valence-corrected chi connectivity index (χ3v) is 6.57. The van der Waals surface area contributed by atoms with Crippen LogP contribution in [0.25, 0.3) is 0 Å². The van der Waals surface area contributed by atoms with Crippen molar-refractivity contribution >= 4 is 15.9 Å². The molecule has 0 spiro atoms. The summed E-state index contributed by atoms with van der Waals surface area (Å²) in [7, 11) is -3.69. The Balaban J connectivity index is 1.59. The fraction of sp³-hybridized carbons (Fsp3) is 0.389. The zero-order valence-electron chi connectivity index (χ0n) is 14.5. The number of amides is 1. The Morgan fingerprint density at radius 2 is 1.92 bits per heavy atom. The predicted octanol–water partition coefficient (Wildman–Crippen LogP) is 2.19. The number of rotatable bonds is 5. The lowest BCUT2D eigenvalue weighted by atomic mass is 10.2. The van der Waals surface area contributed by atoms with Gasteiger partial charge in [0.05, 0.1) is 11.2 Å². The Bertz CT molecular complexity index is 873. The van der Waals surface area contributed by atoms with Crippen LogP contribution < -0.4 is 0 Å². The molecule has 2 aromatic rings. The maximum absolute atomic E-state index is 13.2. The van der Waals surface area contributed by atoms with Gasteiger partial charge in [-0.2, -0.15) is 4.31 Å². The lowest BCUT2D eigenvalue weighted by molar-refractivity contribution is -0.132. The number of hydrogen-bond acceptors (Lipinski definition) is 4. The lowest BCUT2D eigenvalue weighted by Crippen LogP contribution is -2.50. The zero-order valence-corrected chi connectivity index (χ0v) is 15.3. The smallest absolute Gasteiger partial charge is 0.243 e. The third-order valence-electron chi connectivity index (χ3n) is 4.51. The molecular formula is C18H21FN2O4S. The SMILES string of the molecule is Cc1cc(F)ccc1S(=O)(=O)N1CCN(C(=O)CCc2ccco2)CC1. The van der Waals surface area contributed by atoms with Crippen molar-refractivity contribution in [2.75, 3.05) is 26.2 Å². The molecule has 1 aromatic heterocycles. The number of carbonyl (C=O) groups is 1. The largest absolute Gasteiger partial charge is 0.469 e. The van der Waals surface area contributed by atoms with Crippen molar-refractivity contribution < 1.29 is 22.0 Å². The van der Waals surface area contributed by atoms with Gasteiger partial charge in [-0.3, -0.25) is 4.79 Å². The Morgan fingerprint density at radius 3 is 2.54 bits per heavy atom. The minimum atomic E-state index is -3.69. The second kappa shape index (κ2) is 7.59. The number of sulfonamides is 1. The van der Waals surface area contributed by atoms with Gasteiger partial charge in [0.1, 0.15) is 11.6 Å². The molecule has 1 amide bonds. The summed E-state index contributed by atoms with van der Waals surface area (Å²) in [5.41, 5.74) is 0.377.